The van der Waals surface area contributed by atoms with Gasteiger partial charge in [-0.3, -0.25) is 9.59 Å². The van der Waals surface area contributed by atoms with Crippen molar-refractivity contribution in [3.8, 4) is 0 Å². The molecule has 33 heavy (non-hydrogen) atoms. The van der Waals surface area contributed by atoms with E-state index in [1.54, 1.807) is 0 Å². The maximum atomic E-state index is 13.5. The van der Waals surface area contributed by atoms with Crippen LogP contribution in [0.5, 0.6) is 0 Å². The molecular formula is C30H48O3. The van der Waals surface area contributed by atoms with Gasteiger partial charge < -0.3 is 5.11 Å². The number of carbonyl (C=O) groups excluding carboxylic acids is 2. The van der Waals surface area contributed by atoms with Gasteiger partial charge in [0.15, 0.2) is 0 Å². The molecule has 0 aliphatic heterocycles. The second kappa shape index (κ2) is 6.95. The van der Waals surface area contributed by atoms with Crippen molar-refractivity contribution in [1.29, 1.82) is 0 Å². The summed E-state index contributed by atoms with van der Waals surface area (Å²) < 4.78 is 0. The van der Waals surface area contributed by atoms with Gasteiger partial charge >= 0.3 is 0 Å². The van der Waals surface area contributed by atoms with Gasteiger partial charge in [-0.25, -0.2) is 0 Å². The second-order valence-corrected chi connectivity index (χ2v) is 15.1. The lowest BCUT2D eigenvalue weighted by molar-refractivity contribution is -0.253. The van der Waals surface area contributed by atoms with Crippen molar-refractivity contribution in [2.24, 2.45) is 56.2 Å². The molecule has 5 saturated carbocycles. The molecule has 0 amide bonds. The molecule has 5 rings (SSSR count). The predicted octanol–water partition coefficient (Wildman–Crippen LogP) is 6.61. The summed E-state index contributed by atoms with van der Waals surface area (Å²) in [5.41, 5.74) is 0.702. The number of ketones is 2. The van der Waals surface area contributed by atoms with Gasteiger partial charge in [0.25, 0.3) is 0 Å². The molecule has 186 valence electrons. The van der Waals surface area contributed by atoms with Crippen molar-refractivity contribution in [3.63, 3.8) is 0 Å². The number of Topliss-reactive ketones (excluding diaryl/α,β-unsaturated/α-hetero) is 2. The van der Waals surface area contributed by atoms with Gasteiger partial charge in [-0.15, -0.1) is 0 Å². The van der Waals surface area contributed by atoms with Crippen LogP contribution in [0.1, 0.15) is 113 Å². The maximum absolute atomic E-state index is 13.5. The fourth-order valence-corrected chi connectivity index (χ4v) is 11.1. The Morgan fingerprint density at radius 3 is 2.03 bits per heavy atom. The highest BCUT2D eigenvalue weighted by atomic mass is 16.3. The van der Waals surface area contributed by atoms with Crippen molar-refractivity contribution < 1.29 is 14.7 Å². The molecule has 0 saturated heterocycles. The van der Waals surface area contributed by atoms with Crippen molar-refractivity contribution in [1.82, 2.24) is 0 Å². The van der Waals surface area contributed by atoms with Crippen LogP contribution in [-0.4, -0.2) is 23.3 Å². The number of fused-ring (bicyclic) bond motifs is 7. The number of rotatable bonds is 1. The van der Waals surface area contributed by atoms with E-state index in [-0.39, 0.29) is 56.9 Å². The minimum Gasteiger partial charge on any atom is -0.396 e. The van der Waals surface area contributed by atoms with Gasteiger partial charge in [0.2, 0.25) is 0 Å². The number of aliphatic hydroxyl groups excluding tert-OH is 1. The average Bonchev–Trinajstić information content (AvgIpc) is 2.75. The third-order valence-electron chi connectivity index (χ3n) is 13.7. The molecule has 0 radical (unpaired) electrons. The number of carbonyl (C=O) groups is 2. The van der Waals surface area contributed by atoms with Crippen LogP contribution in [-0.2, 0) is 9.59 Å². The van der Waals surface area contributed by atoms with Crippen molar-refractivity contribution in [3.05, 3.63) is 0 Å². The fourth-order valence-electron chi connectivity index (χ4n) is 11.1. The zero-order valence-electron chi connectivity index (χ0n) is 22.4. The molecule has 10 atom stereocenters. The van der Waals surface area contributed by atoms with Gasteiger partial charge in [-0.05, 0) is 102 Å². The number of hydrogen-bond donors (Lipinski definition) is 1. The first-order valence-corrected chi connectivity index (χ1v) is 13.9. The molecule has 10 unspecified atom stereocenters. The minimum absolute atomic E-state index is 0.00246. The zero-order valence-corrected chi connectivity index (χ0v) is 22.4. The molecule has 5 aliphatic rings. The van der Waals surface area contributed by atoms with Gasteiger partial charge in [0, 0.05) is 18.4 Å². The standard InChI is InChI=1S/C30H48O3/c1-19-20(32)16-21(33)24-27(19,4)9-8-22-28(24,5)13-15-30(7)23-17-25(2,18-31)10-11-26(23,3)12-14-29(22,30)6/h19,22-24,31H,8-18H2,1-7H3. The SMILES string of the molecule is CC1C(=O)CC(=O)C2C1(C)CCC1C2(C)CCC2(C)C3CC(C)(CO)CCC3(C)CCC12C. The third kappa shape index (κ3) is 2.84. The summed E-state index contributed by atoms with van der Waals surface area (Å²) in [7, 11) is 0. The van der Waals surface area contributed by atoms with Crippen LogP contribution in [0.25, 0.3) is 0 Å². The molecule has 0 spiro atoms. The second-order valence-electron chi connectivity index (χ2n) is 15.1. The lowest BCUT2D eigenvalue weighted by atomic mass is 9.30. The zero-order chi connectivity index (χ0) is 24.2. The lowest BCUT2D eigenvalue weighted by Gasteiger charge is -2.74. The van der Waals surface area contributed by atoms with Gasteiger partial charge in [0.1, 0.15) is 11.6 Å². The van der Waals surface area contributed by atoms with E-state index in [2.05, 4.69) is 48.5 Å². The molecule has 5 fully saturated rings. The van der Waals surface area contributed by atoms with E-state index >= 15 is 0 Å². The predicted molar refractivity (Wildman–Crippen MR) is 132 cm³/mol. The Morgan fingerprint density at radius 1 is 0.758 bits per heavy atom. The van der Waals surface area contributed by atoms with Crippen LogP contribution in [0.4, 0.5) is 0 Å². The quantitative estimate of drug-likeness (QED) is 0.452. The monoisotopic (exact) mass is 456 g/mol. The minimum atomic E-state index is -0.175. The molecule has 0 aromatic heterocycles. The lowest BCUT2D eigenvalue weighted by Crippen LogP contribution is -2.69. The van der Waals surface area contributed by atoms with Gasteiger partial charge in [-0.2, -0.15) is 0 Å². The largest absolute Gasteiger partial charge is 0.396 e. The summed E-state index contributed by atoms with van der Waals surface area (Å²) >= 11 is 0. The van der Waals surface area contributed by atoms with Crippen LogP contribution in [0.15, 0.2) is 0 Å². The van der Waals surface area contributed by atoms with Crippen LogP contribution >= 0.6 is 0 Å². The summed E-state index contributed by atoms with van der Waals surface area (Å²) in [5.74, 6) is 1.61. The van der Waals surface area contributed by atoms with Crippen molar-refractivity contribution in [2.75, 3.05) is 6.61 Å². The van der Waals surface area contributed by atoms with E-state index in [1.165, 1.54) is 25.7 Å². The first-order valence-electron chi connectivity index (χ1n) is 13.9. The molecular weight excluding hydrogens is 408 g/mol. The van der Waals surface area contributed by atoms with E-state index in [0.717, 1.165) is 32.1 Å². The van der Waals surface area contributed by atoms with E-state index in [4.69, 9.17) is 0 Å². The van der Waals surface area contributed by atoms with Crippen LogP contribution < -0.4 is 0 Å². The highest BCUT2D eigenvalue weighted by Crippen LogP contribution is 2.78. The average molecular weight is 457 g/mol. The maximum Gasteiger partial charge on any atom is 0.144 e. The Morgan fingerprint density at radius 2 is 1.36 bits per heavy atom. The summed E-state index contributed by atoms with van der Waals surface area (Å²) in [6.45, 7) is 17.1. The summed E-state index contributed by atoms with van der Waals surface area (Å²) in [5, 5.41) is 10.3. The summed E-state index contributed by atoms with van der Waals surface area (Å²) in [6.07, 6.45) is 10.7. The Kier molecular flexibility index (Phi) is 5.06. The Hall–Kier alpha value is -0.700. The molecule has 3 nitrogen and oxygen atoms in total. The number of aliphatic hydroxyl groups is 1. The normalized spacial score (nSPS) is 58.7. The summed E-state index contributed by atoms with van der Waals surface area (Å²) in [4.78, 5) is 26.3. The van der Waals surface area contributed by atoms with Crippen molar-refractivity contribution >= 4 is 11.6 Å². The molecule has 5 aliphatic carbocycles. The molecule has 0 heterocycles. The molecule has 0 bridgehead atoms. The summed E-state index contributed by atoms with van der Waals surface area (Å²) in [6, 6.07) is 0. The van der Waals surface area contributed by atoms with Crippen molar-refractivity contribution in [2.45, 2.75) is 113 Å². The fraction of sp³-hybridized carbons (Fsp3) is 0.933. The van der Waals surface area contributed by atoms with Gasteiger partial charge in [0.05, 0.1) is 6.42 Å². The first kappa shape index (κ1) is 24.0. The smallest absolute Gasteiger partial charge is 0.144 e. The van der Waals surface area contributed by atoms with Gasteiger partial charge in [-0.1, -0.05) is 48.5 Å². The van der Waals surface area contributed by atoms with Crippen LogP contribution in [0, 0.1) is 56.2 Å². The Labute approximate surface area is 201 Å². The highest BCUT2D eigenvalue weighted by molar-refractivity contribution is 6.04. The van der Waals surface area contributed by atoms with Crippen LogP contribution in [0.2, 0.25) is 0 Å². The third-order valence-corrected chi connectivity index (χ3v) is 13.7. The van der Waals surface area contributed by atoms with E-state index in [0.29, 0.717) is 23.9 Å². The molecule has 0 aromatic rings. The highest BCUT2D eigenvalue weighted by Gasteiger charge is 2.72. The van der Waals surface area contributed by atoms with E-state index in [1.807, 2.05) is 0 Å². The Balaban J connectivity index is 1.57. The number of hydrogen-bond acceptors (Lipinski definition) is 3. The molecule has 3 heteroatoms. The first-order chi connectivity index (χ1) is 15.2. The van der Waals surface area contributed by atoms with Crippen LogP contribution in [0.3, 0.4) is 0 Å². The van der Waals surface area contributed by atoms with E-state index < -0.39 is 0 Å². The topological polar surface area (TPSA) is 54.4 Å². The Bertz CT molecular complexity index is 880. The molecule has 0 aromatic carbocycles. The van der Waals surface area contributed by atoms with E-state index in [9.17, 15) is 14.7 Å². The molecule has 1 N–H and O–H groups in total.